The van der Waals surface area contributed by atoms with Gasteiger partial charge in [-0.05, 0) is 20.0 Å². The van der Waals surface area contributed by atoms with Crippen LogP contribution in [0.5, 0.6) is 0 Å². The van der Waals surface area contributed by atoms with Crippen molar-refractivity contribution in [1.82, 2.24) is 20.5 Å². The Morgan fingerprint density at radius 1 is 1.44 bits per heavy atom. The molecule has 1 unspecified atom stereocenters. The van der Waals surface area contributed by atoms with Crippen LogP contribution in [0.3, 0.4) is 0 Å². The minimum absolute atomic E-state index is 0.201. The molecule has 16 heavy (non-hydrogen) atoms. The summed E-state index contributed by atoms with van der Waals surface area (Å²) in [5, 5.41) is 13.8. The molecule has 4 nitrogen and oxygen atoms in total. The minimum Gasteiger partial charge on any atom is -0.311 e. The number of nitrogens with zero attached hydrogens (tertiary/aromatic N) is 3. The highest BCUT2D eigenvalue weighted by molar-refractivity contribution is 7.14. The Labute approximate surface area is 103 Å². The summed E-state index contributed by atoms with van der Waals surface area (Å²) < 4.78 is 0. The molecule has 0 aliphatic carbocycles. The summed E-state index contributed by atoms with van der Waals surface area (Å²) in [6.45, 7) is 2.04. The van der Waals surface area contributed by atoms with Crippen LogP contribution in [0.1, 0.15) is 18.0 Å². The topological polar surface area (TPSA) is 50.7 Å². The van der Waals surface area contributed by atoms with E-state index in [-0.39, 0.29) is 6.04 Å². The maximum atomic E-state index is 6.04. The summed E-state index contributed by atoms with van der Waals surface area (Å²) >= 11 is 7.58. The number of rotatable bonds is 3. The third-order valence-electron chi connectivity index (χ3n) is 2.25. The van der Waals surface area contributed by atoms with Crippen molar-refractivity contribution in [2.24, 2.45) is 0 Å². The highest BCUT2D eigenvalue weighted by Gasteiger charge is 2.13. The van der Waals surface area contributed by atoms with Gasteiger partial charge in [0.2, 0.25) is 0 Å². The molecule has 6 heteroatoms. The van der Waals surface area contributed by atoms with Gasteiger partial charge in [-0.2, -0.15) is 0 Å². The van der Waals surface area contributed by atoms with Gasteiger partial charge in [-0.25, -0.2) is 0 Å². The van der Waals surface area contributed by atoms with Crippen LogP contribution in [0.15, 0.2) is 18.5 Å². The second-order valence-electron chi connectivity index (χ2n) is 3.31. The van der Waals surface area contributed by atoms with Crippen molar-refractivity contribution in [2.45, 2.75) is 13.0 Å². The molecule has 0 aromatic carbocycles. The van der Waals surface area contributed by atoms with Crippen LogP contribution in [0.2, 0.25) is 5.02 Å². The predicted molar refractivity (Wildman–Crippen MR) is 65.6 cm³/mol. The van der Waals surface area contributed by atoms with E-state index in [2.05, 4.69) is 20.5 Å². The Morgan fingerprint density at radius 2 is 2.25 bits per heavy atom. The molecule has 0 fully saturated rings. The summed E-state index contributed by atoms with van der Waals surface area (Å²) in [4.78, 5) is 3.94. The standard InChI is InChI=1S/C10H11ClN4S/c1-6(12-2)9-14-15-10(16-9)7-3-4-13-5-8(7)11/h3-6,12H,1-2H3. The van der Waals surface area contributed by atoms with Crippen molar-refractivity contribution in [3.8, 4) is 10.6 Å². The molecular weight excluding hydrogens is 244 g/mol. The molecule has 0 saturated carbocycles. The number of aromatic nitrogens is 3. The zero-order valence-electron chi connectivity index (χ0n) is 8.94. The first-order valence-electron chi connectivity index (χ1n) is 4.83. The Kier molecular flexibility index (Phi) is 3.48. The normalized spacial score (nSPS) is 12.7. The van der Waals surface area contributed by atoms with E-state index in [9.17, 15) is 0 Å². The van der Waals surface area contributed by atoms with E-state index in [1.165, 1.54) is 11.3 Å². The molecule has 2 aromatic heterocycles. The zero-order valence-corrected chi connectivity index (χ0v) is 10.5. The molecule has 0 amide bonds. The van der Waals surface area contributed by atoms with Crippen molar-refractivity contribution < 1.29 is 0 Å². The van der Waals surface area contributed by atoms with E-state index < -0.39 is 0 Å². The van der Waals surface area contributed by atoms with Crippen LogP contribution in [-0.2, 0) is 0 Å². The van der Waals surface area contributed by atoms with E-state index in [1.807, 2.05) is 20.0 Å². The fourth-order valence-corrected chi connectivity index (χ4v) is 2.40. The van der Waals surface area contributed by atoms with Gasteiger partial charge in [-0.15, -0.1) is 10.2 Å². The Hall–Kier alpha value is -1.04. The van der Waals surface area contributed by atoms with Gasteiger partial charge in [-0.1, -0.05) is 22.9 Å². The molecule has 0 bridgehead atoms. The van der Waals surface area contributed by atoms with Crippen molar-refractivity contribution in [3.63, 3.8) is 0 Å². The van der Waals surface area contributed by atoms with Gasteiger partial charge in [0.05, 0.1) is 11.1 Å². The molecular formula is C10H11ClN4S. The lowest BCUT2D eigenvalue weighted by Crippen LogP contribution is -2.11. The molecule has 1 atom stereocenters. The van der Waals surface area contributed by atoms with Gasteiger partial charge >= 0.3 is 0 Å². The highest BCUT2D eigenvalue weighted by Crippen LogP contribution is 2.30. The number of nitrogens with one attached hydrogen (secondary N) is 1. The molecule has 1 N–H and O–H groups in total. The quantitative estimate of drug-likeness (QED) is 0.915. The highest BCUT2D eigenvalue weighted by atomic mass is 35.5. The summed E-state index contributed by atoms with van der Waals surface area (Å²) in [6.07, 6.45) is 3.31. The fraction of sp³-hybridized carbons (Fsp3) is 0.300. The Balaban J connectivity index is 2.35. The first-order chi connectivity index (χ1) is 7.72. The molecule has 0 aliphatic heterocycles. The summed E-state index contributed by atoms with van der Waals surface area (Å²) in [6, 6.07) is 2.04. The van der Waals surface area contributed by atoms with Gasteiger partial charge in [-0.3, -0.25) is 4.98 Å². The van der Waals surface area contributed by atoms with E-state index in [0.717, 1.165) is 15.6 Å². The van der Waals surface area contributed by atoms with Crippen molar-refractivity contribution >= 4 is 22.9 Å². The Morgan fingerprint density at radius 3 is 2.94 bits per heavy atom. The largest absolute Gasteiger partial charge is 0.311 e. The SMILES string of the molecule is CNC(C)c1nnc(-c2ccncc2Cl)s1. The first-order valence-corrected chi connectivity index (χ1v) is 6.02. The Bertz CT molecular complexity index is 485. The average molecular weight is 255 g/mol. The third-order valence-corrected chi connectivity index (χ3v) is 3.69. The van der Waals surface area contributed by atoms with Crippen LogP contribution in [0, 0.1) is 0 Å². The van der Waals surface area contributed by atoms with Gasteiger partial charge in [0.25, 0.3) is 0 Å². The van der Waals surface area contributed by atoms with E-state index in [1.54, 1.807) is 12.4 Å². The summed E-state index contributed by atoms with van der Waals surface area (Å²) in [7, 11) is 1.89. The lowest BCUT2D eigenvalue weighted by Gasteiger charge is -2.03. The van der Waals surface area contributed by atoms with E-state index in [4.69, 9.17) is 11.6 Å². The lowest BCUT2D eigenvalue weighted by molar-refractivity contribution is 0.640. The second kappa shape index (κ2) is 4.86. The molecule has 84 valence electrons. The van der Waals surface area contributed by atoms with Crippen LogP contribution >= 0.6 is 22.9 Å². The summed E-state index contributed by atoms with van der Waals surface area (Å²) in [5.74, 6) is 0. The monoisotopic (exact) mass is 254 g/mol. The lowest BCUT2D eigenvalue weighted by atomic mass is 10.3. The first kappa shape index (κ1) is 11.4. The van der Waals surface area contributed by atoms with Gasteiger partial charge < -0.3 is 5.32 Å². The third kappa shape index (κ3) is 2.21. The second-order valence-corrected chi connectivity index (χ2v) is 4.73. The molecule has 2 aromatic rings. The van der Waals surface area contributed by atoms with E-state index in [0.29, 0.717) is 5.02 Å². The number of hydrogen-bond acceptors (Lipinski definition) is 5. The maximum absolute atomic E-state index is 6.04. The van der Waals surface area contributed by atoms with Crippen LogP contribution in [0.25, 0.3) is 10.6 Å². The molecule has 0 aliphatic rings. The van der Waals surface area contributed by atoms with Gasteiger partial charge in [0.1, 0.15) is 10.0 Å². The fourth-order valence-electron chi connectivity index (χ4n) is 1.19. The molecule has 2 rings (SSSR count). The number of pyridine rings is 1. The molecule has 0 saturated heterocycles. The van der Waals surface area contributed by atoms with Crippen LogP contribution in [0.4, 0.5) is 0 Å². The van der Waals surface area contributed by atoms with E-state index >= 15 is 0 Å². The molecule has 2 heterocycles. The smallest absolute Gasteiger partial charge is 0.149 e. The minimum atomic E-state index is 0.201. The number of halogens is 1. The van der Waals surface area contributed by atoms with Gasteiger partial charge in [0.15, 0.2) is 0 Å². The maximum Gasteiger partial charge on any atom is 0.149 e. The average Bonchev–Trinajstić information content (AvgIpc) is 2.78. The molecule has 0 spiro atoms. The summed E-state index contributed by atoms with van der Waals surface area (Å²) in [5.41, 5.74) is 0.878. The van der Waals surface area contributed by atoms with Crippen molar-refractivity contribution in [1.29, 1.82) is 0 Å². The predicted octanol–water partition coefficient (Wildman–Crippen LogP) is 2.53. The van der Waals surface area contributed by atoms with Gasteiger partial charge in [0, 0.05) is 18.0 Å². The van der Waals surface area contributed by atoms with Crippen molar-refractivity contribution in [2.75, 3.05) is 7.05 Å². The zero-order chi connectivity index (χ0) is 11.5. The number of hydrogen-bond donors (Lipinski definition) is 1. The van der Waals surface area contributed by atoms with Crippen LogP contribution in [-0.4, -0.2) is 22.2 Å². The van der Waals surface area contributed by atoms with Crippen molar-refractivity contribution in [3.05, 3.63) is 28.5 Å². The molecule has 0 radical (unpaired) electrons. The van der Waals surface area contributed by atoms with Crippen LogP contribution < -0.4 is 5.32 Å².